The molecule has 1 aliphatic heterocycles. The van der Waals surface area contributed by atoms with E-state index in [0.717, 1.165) is 43.9 Å². The molecule has 4 heteroatoms. The van der Waals surface area contributed by atoms with Crippen LogP contribution in [0.15, 0.2) is 18.3 Å². The van der Waals surface area contributed by atoms with Gasteiger partial charge in [-0.25, -0.2) is 9.97 Å². The molecule has 0 spiro atoms. The number of aliphatic hydroxyl groups is 1. The van der Waals surface area contributed by atoms with Gasteiger partial charge in [0.25, 0.3) is 0 Å². The second kappa shape index (κ2) is 5.70. The van der Waals surface area contributed by atoms with E-state index >= 15 is 0 Å². The third-order valence-electron chi connectivity index (χ3n) is 3.94. The molecule has 1 aromatic heterocycles. The lowest BCUT2D eigenvalue weighted by Gasteiger charge is -2.31. The van der Waals surface area contributed by atoms with E-state index in [9.17, 15) is 5.11 Å². The molecule has 0 saturated carbocycles. The number of allylic oxidation sites excluding steroid dienone is 2. The molecule has 19 heavy (non-hydrogen) atoms. The maximum absolute atomic E-state index is 9.76. The van der Waals surface area contributed by atoms with E-state index in [4.69, 9.17) is 0 Å². The lowest BCUT2D eigenvalue weighted by molar-refractivity contribution is 0.154. The monoisotopic (exact) mass is 259 g/mol. The highest BCUT2D eigenvalue weighted by Crippen LogP contribution is 2.26. The lowest BCUT2D eigenvalue weighted by atomic mass is 9.99. The number of nitrogens with zero attached hydrogens (tertiary/aromatic N) is 3. The number of hydrogen-bond donors (Lipinski definition) is 1. The molecule has 1 saturated heterocycles. The highest BCUT2D eigenvalue weighted by Gasteiger charge is 2.19. The summed E-state index contributed by atoms with van der Waals surface area (Å²) in [6.07, 6.45) is 10.6. The second-order valence-corrected chi connectivity index (χ2v) is 5.46. The third-order valence-corrected chi connectivity index (χ3v) is 3.94. The van der Waals surface area contributed by atoms with Crippen LogP contribution in [0.4, 0.5) is 5.82 Å². The molecule has 102 valence electrons. The van der Waals surface area contributed by atoms with E-state index in [1.54, 1.807) is 0 Å². The topological polar surface area (TPSA) is 49.2 Å². The average Bonchev–Trinajstić information content (AvgIpc) is 2.48. The largest absolute Gasteiger partial charge is 0.391 e. The van der Waals surface area contributed by atoms with Crippen LogP contribution in [0.2, 0.25) is 0 Å². The zero-order chi connectivity index (χ0) is 13.1. The first-order chi connectivity index (χ1) is 9.33. The van der Waals surface area contributed by atoms with Gasteiger partial charge in [0, 0.05) is 19.3 Å². The normalized spacial score (nSPS) is 24.2. The summed E-state index contributed by atoms with van der Waals surface area (Å²) in [7, 11) is 0. The third kappa shape index (κ3) is 2.95. The first-order valence-corrected chi connectivity index (χ1v) is 7.28. The van der Waals surface area contributed by atoms with E-state index < -0.39 is 0 Å². The fourth-order valence-corrected chi connectivity index (χ4v) is 2.88. The van der Waals surface area contributed by atoms with Crippen molar-refractivity contribution in [1.82, 2.24) is 9.97 Å². The Morgan fingerprint density at radius 1 is 1.26 bits per heavy atom. The maximum atomic E-state index is 9.76. The van der Waals surface area contributed by atoms with Crippen LogP contribution in [-0.4, -0.2) is 34.3 Å². The van der Waals surface area contributed by atoms with Crippen molar-refractivity contribution >= 4 is 11.4 Å². The molecule has 0 radical (unpaired) electrons. The number of rotatable bonds is 2. The molecule has 1 aromatic rings. The van der Waals surface area contributed by atoms with Crippen molar-refractivity contribution in [2.75, 3.05) is 18.0 Å². The predicted octanol–water partition coefficient (Wildman–Crippen LogP) is 2.40. The number of hydrogen-bond acceptors (Lipinski definition) is 4. The van der Waals surface area contributed by atoms with Gasteiger partial charge in [-0.1, -0.05) is 6.08 Å². The van der Waals surface area contributed by atoms with Crippen LogP contribution in [0.3, 0.4) is 0 Å². The summed E-state index contributed by atoms with van der Waals surface area (Å²) >= 11 is 0. The van der Waals surface area contributed by atoms with E-state index in [0.29, 0.717) is 6.54 Å². The SMILES string of the molecule is O[C@H]1CCCN(c2ccnc(C3=CCCCC3)n2)C1. The van der Waals surface area contributed by atoms with Gasteiger partial charge in [0.05, 0.1) is 6.10 Å². The number of anilines is 1. The number of piperidine rings is 1. The molecule has 2 heterocycles. The van der Waals surface area contributed by atoms with Crippen molar-refractivity contribution in [2.45, 2.75) is 44.6 Å². The molecule has 1 fully saturated rings. The molecule has 1 N–H and O–H groups in total. The summed E-state index contributed by atoms with van der Waals surface area (Å²) in [6, 6.07) is 1.95. The Balaban J connectivity index is 1.81. The zero-order valence-corrected chi connectivity index (χ0v) is 11.3. The summed E-state index contributed by atoms with van der Waals surface area (Å²) in [4.78, 5) is 11.3. The molecule has 0 aromatic carbocycles. The Labute approximate surface area is 114 Å². The first kappa shape index (κ1) is 12.6. The van der Waals surface area contributed by atoms with Crippen LogP contribution in [0.1, 0.15) is 44.3 Å². The fourth-order valence-electron chi connectivity index (χ4n) is 2.88. The van der Waals surface area contributed by atoms with Crippen LogP contribution in [-0.2, 0) is 0 Å². The van der Waals surface area contributed by atoms with Crippen molar-refractivity contribution in [3.63, 3.8) is 0 Å². The average molecular weight is 259 g/mol. The number of β-amino-alcohol motifs (C(OH)–C–C–N with tert-alkyl or cyclic N) is 1. The van der Waals surface area contributed by atoms with Gasteiger partial charge in [-0.2, -0.15) is 0 Å². The second-order valence-electron chi connectivity index (χ2n) is 5.46. The molecule has 1 aliphatic carbocycles. The molecular weight excluding hydrogens is 238 g/mol. The van der Waals surface area contributed by atoms with Crippen LogP contribution < -0.4 is 4.90 Å². The molecule has 4 nitrogen and oxygen atoms in total. The Morgan fingerprint density at radius 3 is 3.00 bits per heavy atom. The van der Waals surface area contributed by atoms with Crippen LogP contribution in [0.5, 0.6) is 0 Å². The number of aliphatic hydroxyl groups excluding tert-OH is 1. The van der Waals surface area contributed by atoms with Gasteiger partial charge in [0.2, 0.25) is 0 Å². The van der Waals surface area contributed by atoms with E-state index in [1.165, 1.54) is 18.4 Å². The quantitative estimate of drug-likeness (QED) is 0.886. The van der Waals surface area contributed by atoms with Crippen LogP contribution in [0, 0.1) is 0 Å². The minimum absolute atomic E-state index is 0.221. The smallest absolute Gasteiger partial charge is 0.157 e. The summed E-state index contributed by atoms with van der Waals surface area (Å²) in [5.74, 6) is 1.83. The van der Waals surface area contributed by atoms with Crippen LogP contribution in [0.25, 0.3) is 5.57 Å². The van der Waals surface area contributed by atoms with Gasteiger partial charge in [-0.05, 0) is 50.2 Å². The molecule has 2 aliphatic rings. The lowest BCUT2D eigenvalue weighted by Crippen LogP contribution is -2.38. The van der Waals surface area contributed by atoms with Crippen molar-refractivity contribution < 1.29 is 5.11 Å². The van der Waals surface area contributed by atoms with Crippen molar-refractivity contribution in [1.29, 1.82) is 0 Å². The molecule has 0 amide bonds. The highest BCUT2D eigenvalue weighted by atomic mass is 16.3. The molecule has 0 unspecified atom stereocenters. The fraction of sp³-hybridized carbons (Fsp3) is 0.600. The van der Waals surface area contributed by atoms with Crippen molar-refractivity contribution in [3.05, 3.63) is 24.2 Å². The van der Waals surface area contributed by atoms with Gasteiger partial charge >= 0.3 is 0 Å². The Morgan fingerprint density at radius 2 is 2.21 bits per heavy atom. The van der Waals surface area contributed by atoms with Crippen molar-refractivity contribution in [2.24, 2.45) is 0 Å². The molecule has 3 rings (SSSR count). The van der Waals surface area contributed by atoms with E-state index in [2.05, 4.69) is 20.9 Å². The first-order valence-electron chi connectivity index (χ1n) is 7.28. The van der Waals surface area contributed by atoms with Crippen LogP contribution >= 0.6 is 0 Å². The van der Waals surface area contributed by atoms with Crippen molar-refractivity contribution in [3.8, 4) is 0 Å². The standard InChI is InChI=1S/C15H21N3O/c19-13-7-4-10-18(11-13)14-8-9-16-15(17-14)12-5-2-1-3-6-12/h5,8-9,13,19H,1-4,6-7,10-11H2/t13-/m0/s1. The van der Waals surface area contributed by atoms with Gasteiger partial charge in [0.15, 0.2) is 5.82 Å². The Bertz CT molecular complexity index is 472. The van der Waals surface area contributed by atoms with E-state index in [-0.39, 0.29) is 6.10 Å². The maximum Gasteiger partial charge on any atom is 0.157 e. The molecular formula is C15H21N3O. The summed E-state index contributed by atoms with van der Waals surface area (Å²) in [5, 5.41) is 9.76. The minimum atomic E-state index is -0.221. The summed E-state index contributed by atoms with van der Waals surface area (Å²) in [6.45, 7) is 1.67. The highest BCUT2D eigenvalue weighted by molar-refractivity contribution is 5.61. The number of aromatic nitrogens is 2. The zero-order valence-electron chi connectivity index (χ0n) is 11.3. The van der Waals surface area contributed by atoms with E-state index in [1.807, 2.05) is 12.3 Å². The van der Waals surface area contributed by atoms with Gasteiger partial charge in [0.1, 0.15) is 5.82 Å². The molecule has 0 bridgehead atoms. The van der Waals surface area contributed by atoms with Gasteiger partial charge in [-0.3, -0.25) is 0 Å². The summed E-state index contributed by atoms with van der Waals surface area (Å²) in [5.41, 5.74) is 1.28. The van der Waals surface area contributed by atoms with Gasteiger partial charge in [-0.15, -0.1) is 0 Å². The summed E-state index contributed by atoms with van der Waals surface area (Å²) < 4.78 is 0. The molecule has 1 atom stereocenters. The van der Waals surface area contributed by atoms with Gasteiger partial charge < -0.3 is 10.0 Å². The predicted molar refractivity (Wildman–Crippen MR) is 75.9 cm³/mol. The Hall–Kier alpha value is -1.42. The Kier molecular flexibility index (Phi) is 3.78. The minimum Gasteiger partial charge on any atom is -0.391 e.